The van der Waals surface area contributed by atoms with Crippen LogP contribution in [0, 0.1) is 0 Å². The van der Waals surface area contributed by atoms with Crippen LogP contribution in [-0.2, 0) is 0 Å². The minimum absolute atomic E-state index is 0.262. The first-order valence-electron chi connectivity index (χ1n) is 7.20. The molecule has 0 bridgehead atoms. The maximum Gasteiger partial charge on any atom is 0.0416 e. The minimum Gasteiger partial charge on any atom is -0.398 e. The Morgan fingerprint density at radius 2 is 1.86 bits per heavy atom. The maximum atomic E-state index is 6.47. The first-order chi connectivity index (χ1) is 10.2. The molecular formula is C19H20N2. The molecule has 1 aliphatic carbocycles. The van der Waals surface area contributed by atoms with Gasteiger partial charge in [-0.2, -0.15) is 0 Å². The SMILES string of the molecule is C=CCC1=C(N)c2c(N)ccc3cccc(c23)C1CC=C. The van der Waals surface area contributed by atoms with E-state index in [4.69, 9.17) is 11.5 Å². The van der Waals surface area contributed by atoms with E-state index in [-0.39, 0.29) is 5.92 Å². The third kappa shape index (κ3) is 1.95. The molecule has 3 rings (SSSR count). The second kappa shape index (κ2) is 5.13. The lowest BCUT2D eigenvalue weighted by molar-refractivity contribution is 0.789. The summed E-state index contributed by atoms with van der Waals surface area (Å²) in [6, 6.07) is 10.4. The zero-order chi connectivity index (χ0) is 15.0. The van der Waals surface area contributed by atoms with Crippen molar-refractivity contribution >= 4 is 22.2 Å². The Hall–Kier alpha value is -2.48. The van der Waals surface area contributed by atoms with Crippen LogP contribution in [0.1, 0.15) is 29.9 Å². The van der Waals surface area contributed by atoms with E-state index in [9.17, 15) is 0 Å². The van der Waals surface area contributed by atoms with Gasteiger partial charge in [-0.1, -0.05) is 36.4 Å². The van der Waals surface area contributed by atoms with Crippen LogP contribution in [0.15, 0.2) is 61.2 Å². The molecule has 21 heavy (non-hydrogen) atoms. The Morgan fingerprint density at radius 3 is 2.57 bits per heavy atom. The van der Waals surface area contributed by atoms with Gasteiger partial charge >= 0.3 is 0 Å². The highest BCUT2D eigenvalue weighted by molar-refractivity contribution is 6.03. The molecule has 1 atom stereocenters. The molecule has 1 aliphatic rings. The monoisotopic (exact) mass is 276 g/mol. The quantitative estimate of drug-likeness (QED) is 0.644. The lowest BCUT2D eigenvalue weighted by atomic mass is 9.76. The summed E-state index contributed by atoms with van der Waals surface area (Å²) in [4.78, 5) is 0. The fourth-order valence-corrected chi connectivity index (χ4v) is 3.38. The first kappa shape index (κ1) is 13.5. The zero-order valence-corrected chi connectivity index (χ0v) is 12.1. The van der Waals surface area contributed by atoms with Gasteiger partial charge in [0.25, 0.3) is 0 Å². The van der Waals surface area contributed by atoms with Crippen LogP contribution in [0.2, 0.25) is 0 Å². The smallest absolute Gasteiger partial charge is 0.0416 e. The van der Waals surface area contributed by atoms with Gasteiger partial charge in [-0.05, 0) is 40.8 Å². The van der Waals surface area contributed by atoms with Crippen molar-refractivity contribution in [3.8, 4) is 0 Å². The summed E-state index contributed by atoms with van der Waals surface area (Å²) in [6.45, 7) is 7.76. The Morgan fingerprint density at radius 1 is 1.05 bits per heavy atom. The van der Waals surface area contributed by atoms with Gasteiger partial charge in [0.05, 0.1) is 0 Å². The van der Waals surface area contributed by atoms with Gasteiger partial charge in [0.1, 0.15) is 0 Å². The molecule has 106 valence electrons. The third-order valence-corrected chi connectivity index (χ3v) is 4.29. The molecular weight excluding hydrogens is 256 g/mol. The summed E-state index contributed by atoms with van der Waals surface area (Å²) < 4.78 is 0. The second-order valence-electron chi connectivity index (χ2n) is 5.48. The van der Waals surface area contributed by atoms with E-state index in [1.807, 2.05) is 18.2 Å². The van der Waals surface area contributed by atoms with Crippen LogP contribution in [0.5, 0.6) is 0 Å². The van der Waals surface area contributed by atoms with Crippen molar-refractivity contribution in [1.29, 1.82) is 0 Å². The van der Waals surface area contributed by atoms with Crippen molar-refractivity contribution in [2.45, 2.75) is 18.8 Å². The van der Waals surface area contributed by atoms with Crippen LogP contribution in [-0.4, -0.2) is 0 Å². The molecule has 2 aromatic carbocycles. The van der Waals surface area contributed by atoms with Crippen molar-refractivity contribution in [2.24, 2.45) is 5.73 Å². The van der Waals surface area contributed by atoms with Gasteiger partial charge in [-0.25, -0.2) is 0 Å². The number of anilines is 1. The highest BCUT2D eigenvalue weighted by Crippen LogP contribution is 2.46. The summed E-state index contributed by atoms with van der Waals surface area (Å²) in [5.41, 5.74) is 17.7. The van der Waals surface area contributed by atoms with E-state index in [1.165, 1.54) is 21.9 Å². The third-order valence-electron chi connectivity index (χ3n) is 4.29. The Labute approximate surface area is 125 Å². The van der Waals surface area contributed by atoms with Gasteiger partial charge in [-0.3, -0.25) is 0 Å². The second-order valence-corrected chi connectivity index (χ2v) is 5.48. The lowest BCUT2D eigenvalue weighted by Crippen LogP contribution is -2.16. The average molecular weight is 276 g/mol. The summed E-state index contributed by atoms with van der Waals surface area (Å²) >= 11 is 0. The number of rotatable bonds is 4. The van der Waals surface area contributed by atoms with E-state index < -0.39 is 0 Å². The molecule has 1 unspecified atom stereocenters. The van der Waals surface area contributed by atoms with E-state index in [2.05, 4.69) is 37.4 Å². The van der Waals surface area contributed by atoms with Crippen molar-refractivity contribution in [1.82, 2.24) is 0 Å². The Bertz CT molecular complexity index is 768. The first-order valence-corrected chi connectivity index (χ1v) is 7.20. The number of nitrogen functional groups attached to an aromatic ring is 1. The van der Waals surface area contributed by atoms with Crippen LogP contribution in [0.3, 0.4) is 0 Å². The molecule has 0 saturated heterocycles. The predicted molar refractivity (Wildman–Crippen MR) is 91.8 cm³/mol. The normalized spacial score (nSPS) is 17.0. The van der Waals surface area contributed by atoms with Gasteiger partial charge in [0, 0.05) is 22.9 Å². The molecule has 0 amide bonds. The average Bonchev–Trinajstić information content (AvgIpc) is 2.49. The summed E-state index contributed by atoms with van der Waals surface area (Å²) in [5.74, 6) is 0.262. The molecule has 2 heteroatoms. The number of benzene rings is 2. The molecule has 0 saturated carbocycles. The summed E-state index contributed by atoms with van der Waals surface area (Å²) in [6.07, 6.45) is 5.51. The molecule has 0 aliphatic heterocycles. The predicted octanol–water partition coefficient (Wildman–Crippen LogP) is 4.34. The molecule has 0 heterocycles. The van der Waals surface area contributed by atoms with E-state index in [0.717, 1.165) is 29.8 Å². The molecule has 4 N–H and O–H groups in total. The molecule has 2 aromatic rings. The van der Waals surface area contributed by atoms with Gasteiger partial charge < -0.3 is 11.5 Å². The number of nitrogens with two attached hydrogens (primary N) is 2. The number of allylic oxidation sites excluding steroid dienone is 3. The highest BCUT2D eigenvalue weighted by atomic mass is 14.7. The van der Waals surface area contributed by atoms with Crippen molar-refractivity contribution in [3.63, 3.8) is 0 Å². The molecule has 0 spiro atoms. The van der Waals surface area contributed by atoms with E-state index in [1.54, 1.807) is 0 Å². The van der Waals surface area contributed by atoms with Crippen LogP contribution >= 0.6 is 0 Å². The zero-order valence-electron chi connectivity index (χ0n) is 12.1. The Balaban J connectivity index is 2.40. The fourth-order valence-electron chi connectivity index (χ4n) is 3.38. The molecule has 2 nitrogen and oxygen atoms in total. The maximum absolute atomic E-state index is 6.47. The summed E-state index contributed by atoms with van der Waals surface area (Å²) in [5, 5.41) is 2.38. The van der Waals surface area contributed by atoms with Gasteiger partial charge in [0.15, 0.2) is 0 Å². The Kier molecular flexibility index (Phi) is 3.30. The van der Waals surface area contributed by atoms with Crippen LogP contribution < -0.4 is 11.5 Å². The van der Waals surface area contributed by atoms with Crippen molar-refractivity contribution in [3.05, 3.63) is 72.3 Å². The largest absolute Gasteiger partial charge is 0.398 e. The summed E-state index contributed by atoms with van der Waals surface area (Å²) in [7, 11) is 0. The lowest BCUT2D eigenvalue weighted by Gasteiger charge is -2.29. The number of hydrogen-bond acceptors (Lipinski definition) is 2. The van der Waals surface area contributed by atoms with Gasteiger partial charge in [-0.15, -0.1) is 13.2 Å². The number of hydrogen-bond donors (Lipinski definition) is 2. The topological polar surface area (TPSA) is 52.0 Å². The van der Waals surface area contributed by atoms with Gasteiger partial charge in [0.2, 0.25) is 0 Å². The van der Waals surface area contributed by atoms with E-state index in [0.29, 0.717) is 0 Å². The highest BCUT2D eigenvalue weighted by Gasteiger charge is 2.27. The van der Waals surface area contributed by atoms with Crippen molar-refractivity contribution in [2.75, 3.05) is 5.73 Å². The van der Waals surface area contributed by atoms with E-state index >= 15 is 0 Å². The minimum atomic E-state index is 0.262. The molecule has 0 radical (unpaired) electrons. The van der Waals surface area contributed by atoms with Crippen LogP contribution in [0.4, 0.5) is 5.69 Å². The molecule has 0 aromatic heterocycles. The molecule has 0 fully saturated rings. The van der Waals surface area contributed by atoms with Crippen LogP contribution in [0.25, 0.3) is 16.5 Å². The van der Waals surface area contributed by atoms with Crippen molar-refractivity contribution < 1.29 is 0 Å². The fraction of sp³-hybridized carbons (Fsp3) is 0.158. The standard InChI is InChI=1S/C19H20N2/c1-3-6-13-14-9-5-8-12-10-11-16(20)18(17(12)14)19(21)15(13)7-4-2/h3-5,8-11,13H,1-2,6-7,20-21H2.